The summed E-state index contributed by atoms with van der Waals surface area (Å²) < 4.78 is 0. The van der Waals surface area contributed by atoms with Gasteiger partial charge >= 0.3 is 0 Å². The molecule has 1 aromatic heterocycles. The van der Waals surface area contributed by atoms with E-state index in [1.165, 1.54) is 19.3 Å². The average Bonchev–Trinajstić information content (AvgIpc) is 2.41. The Bertz CT molecular complexity index is 413. The van der Waals surface area contributed by atoms with E-state index in [2.05, 4.69) is 4.98 Å². The van der Waals surface area contributed by atoms with E-state index >= 15 is 0 Å². The second-order valence-corrected chi connectivity index (χ2v) is 4.86. The Balaban J connectivity index is 2.14. The van der Waals surface area contributed by atoms with Crippen LogP contribution in [-0.4, -0.2) is 28.4 Å². The lowest BCUT2D eigenvalue weighted by Gasteiger charge is -2.33. The Kier molecular flexibility index (Phi) is 4.18. The first-order valence-corrected chi connectivity index (χ1v) is 6.75. The Morgan fingerprint density at radius 2 is 2.17 bits per heavy atom. The number of anilines is 1. The predicted octanol–water partition coefficient (Wildman–Crippen LogP) is 2.46. The molecule has 98 valence electrons. The molecule has 0 atom stereocenters. The molecule has 1 fully saturated rings. The summed E-state index contributed by atoms with van der Waals surface area (Å²) in [5.41, 5.74) is 6.76. The number of amides is 1. The van der Waals surface area contributed by atoms with Crippen molar-refractivity contribution in [3.63, 3.8) is 0 Å². The molecule has 0 bridgehead atoms. The van der Waals surface area contributed by atoms with Crippen molar-refractivity contribution in [2.24, 2.45) is 0 Å². The minimum Gasteiger partial charge on any atom is -0.399 e. The molecular weight excluding hydrogens is 226 g/mol. The first kappa shape index (κ1) is 12.9. The molecule has 2 N–H and O–H groups in total. The van der Waals surface area contributed by atoms with Crippen LogP contribution in [0.3, 0.4) is 0 Å². The van der Waals surface area contributed by atoms with Crippen LogP contribution in [0.1, 0.15) is 49.5 Å². The van der Waals surface area contributed by atoms with Crippen LogP contribution in [0, 0.1) is 0 Å². The lowest BCUT2D eigenvalue weighted by molar-refractivity contribution is 0.0642. The van der Waals surface area contributed by atoms with Crippen molar-refractivity contribution in [2.75, 3.05) is 12.3 Å². The van der Waals surface area contributed by atoms with Crippen LogP contribution < -0.4 is 5.73 Å². The van der Waals surface area contributed by atoms with Crippen LogP contribution in [0.15, 0.2) is 18.3 Å². The smallest absolute Gasteiger partial charge is 0.272 e. The molecule has 0 unspecified atom stereocenters. The number of aromatic nitrogens is 1. The Labute approximate surface area is 108 Å². The van der Waals surface area contributed by atoms with E-state index in [-0.39, 0.29) is 5.91 Å². The van der Waals surface area contributed by atoms with E-state index in [9.17, 15) is 4.79 Å². The highest BCUT2D eigenvalue weighted by Gasteiger charge is 2.25. The average molecular weight is 247 g/mol. The number of carbonyl (C=O) groups is 1. The highest BCUT2D eigenvalue weighted by molar-refractivity contribution is 5.93. The van der Waals surface area contributed by atoms with Gasteiger partial charge < -0.3 is 10.6 Å². The van der Waals surface area contributed by atoms with Gasteiger partial charge in [0, 0.05) is 24.5 Å². The zero-order valence-electron chi connectivity index (χ0n) is 10.9. The molecule has 18 heavy (non-hydrogen) atoms. The number of carbonyl (C=O) groups excluding carboxylic acids is 1. The van der Waals surface area contributed by atoms with E-state index in [1.54, 1.807) is 18.3 Å². The maximum absolute atomic E-state index is 12.4. The molecule has 2 rings (SSSR count). The van der Waals surface area contributed by atoms with Crippen molar-refractivity contribution in [2.45, 2.75) is 45.1 Å². The maximum Gasteiger partial charge on any atom is 0.272 e. The summed E-state index contributed by atoms with van der Waals surface area (Å²) in [6.45, 7) is 2.76. The van der Waals surface area contributed by atoms with Crippen LogP contribution in [0.25, 0.3) is 0 Å². The Morgan fingerprint density at radius 3 is 2.78 bits per heavy atom. The number of nitrogen functional groups attached to an aromatic ring is 1. The van der Waals surface area contributed by atoms with E-state index < -0.39 is 0 Å². The topological polar surface area (TPSA) is 59.2 Å². The molecule has 0 aromatic carbocycles. The van der Waals surface area contributed by atoms with Crippen molar-refractivity contribution in [1.82, 2.24) is 9.88 Å². The number of pyridine rings is 1. The molecule has 1 amide bonds. The van der Waals surface area contributed by atoms with Crippen molar-refractivity contribution in [3.05, 3.63) is 24.0 Å². The highest BCUT2D eigenvalue weighted by Crippen LogP contribution is 2.23. The van der Waals surface area contributed by atoms with Crippen LogP contribution in [-0.2, 0) is 0 Å². The summed E-state index contributed by atoms with van der Waals surface area (Å²) >= 11 is 0. The van der Waals surface area contributed by atoms with Gasteiger partial charge in [-0.25, -0.2) is 0 Å². The fourth-order valence-corrected chi connectivity index (χ4v) is 2.67. The van der Waals surface area contributed by atoms with Gasteiger partial charge in [-0.1, -0.05) is 19.3 Å². The molecule has 1 saturated carbocycles. The molecule has 0 aliphatic heterocycles. The zero-order chi connectivity index (χ0) is 13.0. The fraction of sp³-hybridized carbons (Fsp3) is 0.571. The monoisotopic (exact) mass is 247 g/mol. The van der Waals surface area contributed by atoms with E-state index in [4.69, 9.17) is 5.73 Å². The summed E-state index contributed by atoms with van der Waals surface area (Å²) in [6.07, 6.45) is 7.55. The highest BCUT2D eigenvalue weighted by atomic mass is 16.2. The number of nitrogens with zero attached hydrogens (tertiary/aromatic N) is 2. The molecular formula is C14H21N3O. The van der Waals surface area contributed by atoms with Crippen LogP contribution in [0.2, 0.25) is 0 Å². The van der Waals surface area contributed by atoms with Crippen molar-refractivity contribution in [3.8, 4) is 0 Å². The Hall–Kier alpha value is -1.58. The molecule has 4 nitrogen and oxygen atoms in total. The first-order chi connectivity index (χ1) is 8.72. The van der Waals surface area contributed by atoms with Crippen LogP contribution in [0.4, 0.5) is 5.69 Å². The first-order valence-electron chi connectivity index (χ1n) is 6.75. The minimum absolute atomic E-state index is 0.0108. The van der Waals surface area contributed by atoms with Gasteiger partial charge in [0.15, 0.2) is 0 Å². The number of rotatable bonds is 3. The molecule has 1 heterocycles. The van der Waals surface area contributed by atoms with Crippen molar-refractivity contribution in [1.29, 1.82) is 0 Å². The third kappa shape index (κ3) is 2.81. The fourth-order valence-electron chi connectivity index (χ4n) is 2.67. The minimum atomic E-state index is 0.0108. The van der Waals surface area contributed by atoms with Gasteiger partial charge in [0.2, 0.25) is 0 Å². The molecule has 4 heteroatoms. The Morgan fingerprint density at radius 1 is 1.44 bits per heavy atom. The molecule has 1 aromatic rings. The van der Waals surface area contributed by atoms with Gasteiger partial charge in [-0.05, 0) is 31.9 Å². The predicted molar refractivity (Wildman–Crippen MR) is 72.2 cm³/mol. The van der Waals surface area contributed by atoms with Gasteiger partial charge in [0.05, 0.1) is 0 Å². The van der Waals surface area contributed by atoms with E-state index in [1.807, 2.05) is 11.8 Å². The lowest BCUT2D eigenvalue weighted by atomic mass is 9.94. The number of hydrogen-bond donors (Lipinski definition) is 1. The largest absolute Gasteiger partial charge is 0.399 e. The summed E-state index contributed by atoms with van der Waals surface area (Å²) in [7, 11) is 0. The van der Waals surface area contributed by atoms with Crippen LogP contribution in [0.5, 0.6) is 0 Å². The van der Waals surface area contributed by atoms with Gasteiger partial charge in [-0.2, -0.15) is 0 Å². The van der Waals surface area contributed by atoms with Gasteiger partial charge in [0.1, 0.15) is 5.69 Å². The van der Waals surface area contributed by atoms with Gasteiger partial charge in [0.25, 0.3) is 5.91 Å². The standard InChI is InChI=1S/C14H21N3O/c1-2-17(12-6-4-3-5-7-12)14(18)13-10-11(15)8-9-16-13/h8-10,12H,2-7H2,1H3,(H2,15,16). The number of nitrogens with two attached hydrogens (primary N) is 1. The third-order valence-electron chi connectivity index (χ3n) is 3.62. The normalized spacial score (nSPS) is 16.5. The molecule has 0 saturated heterocycles. The molecule has 0 spiro atoms. The quantitative estimate of drug-likeness (QED) is 0.892. The van der Waals surface area contributed by atoms with Crippen LogP contribution >= 0.6 is 0 Å². The second kappa shape index (κ2) is 5.85. The van der Waals surface area contributed by atoms with Gasteiger partial charge in [-0.3, -0.25) is 9.78 Å². The second-order valence-electron chi connectivity index (χ2n) is 4.86. The summed E-state index contributed by atoms with van der Waals surface area (Å²) in [5, 5.41) is 0. The van der Waals surface area contributed by atoms with Crippen molar-refractivity contribution >= 4 is 11.6 Å². The van der Waals surface area contributed by atoms with E-state index in [0.29, 0.717) is 17.4 Å². The molecule has 0 radical (unpaired) electrons. The zero-order valence-corrected chi connectivity index (χ0v) is 10.9. The summed E-state index contributed by atoms with van der Waals surface area (Å²) in [4.78, 5) is 18.5. The molecule has 1 aliphatic rings. The SMILES string of the molecule is CCN(C(=O)c1cc(N)ccn1)C1CCCCC1. The summed E-state index contributed by atoms with van der Waals surface area (Å²) in [5.74, 6) is 0.0108. The molecule has 1 aliphatic carbocycles. The van der Waals surface area contributed by atoms with E-state index in [0.717, 1.165) is 19.4 Å². The number of hydrogen-bond acceptors (Lipinski definition) is 3. The van der Waals surface area contributed by atoms with Gasteiger partial charge in [-0.15, -0.1) is 0 Å². The third-order valence-corrected chi connectivity index (χ3v) is 3.62. The van der Waals surface area contributed by atoms with Crippen molar-refractivity contribution < 1.29 is 4.79 Å². The maximum atomic E-state index is 12.4. The lowest BCUT2D eigenvalue weighted by Crippen LogP contribution is -2.41. The summed E-state index contributed by atoms with van der Waals surface area (Å²) in [6, 6.07) is 3.74.